The molecule has 2 atom stereocenters. The molecule has 1 fully saturated rings. The number of para-hydroxylation sites is 1. The van der Waals surface area contributed by atoms with Crippen molar-refractivity contribution in [2.75, 3.05) is 7.11 Å². The quantitative estimate of drug-likeness (QED) is 0.866. The lowest BCUT2D eigenvalue weighted by atomic mass is 9.76. The summed E-state index contributed by atoms with van der Waals surface area (Å²) in [6.07, 6.45) is 3.10. The van der Waals surface area contributed by atoms with Gasteiger partial charge in [-0.05, 0) is 30.2 Å². The minimum Gasteiger partial charge on any atom is -0.496 e. The standard InChI is InChI=1S/C15H22O2/c1-15(2)10-6-8-12(15)14(16)11-7-4-5-9-13(11)17-3/h4-5,7,9,12,14,16H,6,8,10H2,1-3H3. The van der Waals surface area contributed by atoms with Crippen LogP contribution in [0.15, 0.2) is 24.3 Å². The van der Waals surface area contributed by atoms with E-state index in [1.165, 1.54) is 12.8 Å². The van der Waals surface area contributed by atoms with E-state index in [9.17, 15) is 5.11 Å². The van der Waals surface area contributed by atoms with E-state index in [1.54, 1.807) is 7.11 Å². The van der Waals surface area contributed by atoms with Gasteiger partial charge in [0.05, 0.1) is 13.2 Å². The molecule has 1 aromatic rings. The highest BCUT2D eigenvalue weighted by molar-refractivity contribution is 5.35. The normalized spacial score (nSPS) is 24.6. The Hall–Kier alpha value is -1.02. The zero-order chi connectivity index (χ0) is 12.5. The SMILES string of the molecule is COc1ccccc1C(O)C1CCCC1(C)C. The van der Waals surface area contributed by atoms with E-state index in [-0.39, 0.29) is 5.41 Å². The van der Waals surface area contributed by atoms with Crippen LogP contribution >= 0.6 is 0 Å². The van der Waals surface area contributed by atoms with Gasteiger partial charge in [0.25, 0.3) is 0 Å². The molecule has 2 rings (SSSR count). The predicted molar refractivity (Wildman–Crippen MR) is 69.1 cm³/mol. The second-order valence-corrected chi connectivity index (χ2v) is 5.67. The summed E-state index contributed by atoms with van der Waals surface area (Å²) >= 11 is 0. The Morgan fingerprint density at radius 3 is 2.65 bits per heavy atom. The molecular weight excluding hydrogens is 212 g/mol. The van der Waals surface area contributed by atoms with Gasteiger partial charge in [0, 0.05) is 5.56 Å². The first-order valence-electron chi connectivity index (χ1n) is 6.37. The zero-order valence-corrected chi connectivity index (χ0v) is 10.9. The molecule has 0 bridgehead atoms. The Bertz CT molecular complexity index is 384. The van der Waals surface area contributed by atoms with Crippen molar-refractivity contribution in [3.63, 3.8) is 0 Å². The number of hydrogen-bond acceptors (Lipinski definition) is 2. The van der Waals surface area contributed by atoms with E-state index in [0.29, 0.717) is 5.92 Å². The summed E-state index contributed by atoms with van der Waals surface area (Å²) in [5.41, 5.74) is 1.15. The van der Waals surface area contributed by atoms with Crippen LogP contribution in [0, 0.1) is 11.3 Å². The summed E-state index contributed by atoms with van der Waals surface area (Å²) in [6.45, 7) is 4.51. The molecule has 1 aliphatic carbocycles. The molecular formula is C15H22O2. The van der Waals surface area contributed by atoms with Gasteiger partial charge in [-0.15, -0.1) is 0 Å². The second kappa shape index (κ2) is 4.69. The van der Waals surface area contributed by atoms with Crippen molar-refractivity contribution in [1.29, 1.82) is 0 Å². The third-order valence-electron chi connectivity index (χ3n) is 4.18. The zero-order valence-electron chi connectivity index (χ0n) is 10.9. The van der Waals surface area contributed by atoms with Gasteiger partial charge in [0.2, 0.25) is 0 Å². The summed E-state index contributed by atoms with van der Waals surface area (Å²) in [5.74, 6) is 1.13. The van der Waals surface area contributed by atoms with Crippen molar-refractivity contribution >= 4 is 0 Å². The summed E-state index contributed by atoms with van der Waals surface area (Å²) in [5, 5.41) is 10.6. The maximum atomic E-state index is 10.6. The van der Waals surface area contributed by atoms with E-state index in [0.717, 1.165) is 17.7 Å². The molecule has 0 radical (unpaired) electrons. The number of ether oxygens (including phenoxy) is 1. The maximum absolute atomic E-state index is 10.6. The fourth-order valence-corrected chi connectivity index (χ4v) is 3.07. The average Bonchev–Trinajstić information content (AvgIpc) is 2.68. The fourth-order valence-electron chi connectivity index (χ4n) is 3.07. The van der Waals surface area contributed by atoms with Gasteiger partial charge in [-0.25, -0.2) is 0 Å². The smallest absolute Gasteiger partial charge is 0.124 e. The largest absolute Gasteiger partial charge is 0.496 e. The molecule has 1 aliphatic rings. The van der Waals surface area contributed by atoms with Crippen molar-refractivity contribution in [3.8, 4) is 5.75 Å². The lowest BCUT2D eigenvalue weighted by Gasteiger charge is -2.31. The topological polar surface area (TPSA) is 29.5 Å². The number of methoxy groups -OCH3 is 1. The van der Waals surface area contributed by atoms with Crippen LogP contribution in [0.5, 0.6) is 5.75 Å². The highest BCUT2D eigenvalue weighted by Crippen LogP contribution is 2.49. The van der Waals surface area contributed by atoms with Crippen molar-refractivity contribution in [2.45, 2.75) is 39.2 Å². The van der Waals surface area contributed by atoms with E-state index in [2.05, 4.69) is 13.8 Å². The highest BCUT2D eigenvalue weighted by atomic mass is 16.5. The van der Waals surface area contributed by atoms with Gasteiger partial charge in [0.15, 0.2) is 0 Å². The average molecular weight is 234 g/mol. The van der Waals surface area contributed by atoms with Gasteiger partial charge >= 0.3 is 0 Å². The van der Waals surface area contributed by atoms with Crippen LogP contribution < -0.4 is 4.74 Å². The third-order valence-corrected chi connectivity index (χ3v) is 4.18. The molecule has 0 saturated heterocycles. The van der Waals surface area contributed by atoms with Crippen molar-refractivity contribution < 1.29 is 9.84 Å². The van der Waals surface area contributed by atoms with Crippen LogP contribution in [-0.2, 0) is 0 Å². The fraction of sp³-hybridized carbons (Fsp3) is 0.600. The first kappa shape index (κ1) is 12.4. The third kappa shape index (κ3) is 2.32. The molecule has 2 nitrogen and oxygen atoms in total. The lowest BCUT2D eigenvalue weighted by Crippen LogP contribution is -2.24. The summed E-state index contributed by atoms with van der Waals surface area (Å²) in [4.78, 5) is 0. The summed E-state index contributed by atoms with van der Waals surface area (Å²) < 4.78 is 5.33. The highest BCUT2D eigenvalue weighted by Gasteiger charge is 2.40. The van der Waals surface area contributed by atoms with Crippen molar-refractivity contribution in [1.82, 2.24) is 0 Å². The number of rotatable bonds is 3. The number of aliphatic hydroxyl groups is 1. The lowest BCUT2D eigenvalue weighted by molar-refractivity contribution is 0.0513. The van der Waals surface area contributed by atoms with Gasteiger partial charge in [-0.1, -0.05) is 38.5 Å². The molecule has 1 N–H and O–H groups in total. The molecule has 1 saturated carbocycles. The predicted octanol–water partition coefficient (Wildman–Crippen LogP) is 3.55. The van der Waals surface area contributed by atoms with Gasteiger partial charge < -0.3 is 9.84 Å². The van der Waals surface area contributed by atoms with E-state index in [4.69, 9.17) is 4.74 Å². The second-order valence-electron chi connectivity index (χ2n) is 5.67. The Kier molecular flexibility index (Phi) is 3.43. The minimum atomic E-state index is -0.413. The monoisotopic (exact) mass is 234 g/mol. The molecule has 94 valence electrons. The summed E-state index contributed by atoms with van der Waals surface area (Å²) in [7, 11) is 1.66. The molecule has 0 spiro atoms. The van der Waals surface area contributed by atoms with Crippen molar-refractivity contribution in [2.24, 2.45) is 11.3 Å². The first-order chi connectivity index (χ1) is 8.06. The van der Waals surface area contributed by atoms with Crippen LogP contribution in [0.3, 0.4) is 0 Å². The van der Waals surface area contributed by atoms with Gasteiger partial charge in [-0.3, -0.25) is 0 Å². The molecule has 0 aliphatic heterocycles. The van der Waals surface area contributed by atoms with Crippen LogP contribution in [-0.4, -0.2) is 12.2 Å². The Balaban J connectivity index is 2.27. The Labute approximate surface area is 104 Å². The number of aliphatic hydroxyl groups excluding tert-OH is 1. The molecule has 1 aromatic carbocycles. The number of benzene rings is 1. The molecule has 17 heavy (non-hydrogen) atoms. The van der Waals surface area contributed by atoms with Gasteiger partial charge in [-0.2, -0.15) is 0 Å². The molecule has 0 aromatic heterocycles. The van der Waals surface area contributed by atoms with Crippen LogP contribution in [0.1, 0.15) is 44.8 Å². The van der Waals surface area contributed by atoms with Gasteiger partial charge in [0.1, 0.15) is 5.75 Å². The van der Waals surface area contributed by atoms with Crippen LogP contribution in [0.2, 0.25) is 0 Å². The van der Waals surface area contributed by atoms with E-state index < -0.39 is 6.10 Å². The number of hydrogen-bond donors (Lipinski definition) is 1. The Morgan fingerprint density at radius 2 is 2.06 bits per heavy atom. The minimum absolute atomic E-state index is 0.222. The molecule has 2 heteroatoms. The van der Waals surface area contributed by atoms with E-state index >= 15 is 0 Å². The maximum Gasteiger partial charge on any atom is 0.124 e. The molecule has 0 amide bonds. The molecule has 2 unspecified atom stereocenters. The first-order valence-corrected chi connectivity index (χ1v) is 6.37. The van der Waals surface area contributed by atoms with Crippen molar-refractivity contribution in [3.05, 3.63) is 29.8 Å². The molecule has 0 heterocycles. The van der Waals surface area contributed by atoms with Crippen LogP contribution in [0.4, 0.5) is 0 Å². The Morgan fingerprint density at radius 1 is 1.35 bits per heavy atom. The van der Waals surface area contributed by atoms with Crippen LogP contribution in [0.25, 0.3) is 0 Å². The summed E-state index contributed by atoms with van der Waals surface area (Å²) in [6, 6.07) is 7.79. The van der Waals surface area contributed by atoms with E-state index in [1.807, 2.05) is 24.3 Å².